The van der Waals surface area contributed by atoms with Gasteiger partial charge in [-0.1, -0.05) is 0 Å². The van der Waals surface area contributed by atoms with Crippen molar-refractivity contribution >= 4 is 23.2 Å². The molecule has 0 aliphatic heterocycles. The SMILES string of the molecule is CC(C)(C)OC(=O)N[C@@H](CCn1cnc2ncccc21)C(=O)O. The van der Waals surface area contributed by atoms with Crippen molar-refractivity contribution in [3.05, 3.63) is 24.7 Å². The monoisotopic (exact) mass is 320 g/mol. The zero-order valence-electron chi connectivity index (χ0n) is 13.3. The van der Waals surface area contributed by atoms with Crippen LogP contribution in [0, 0.1) is 0 Å². The smallest absolute Gasteiger partial charge is 0.408 e. The fourth-order valence-corrected chi connectivity index (χ4v) is 2.05. The van der Waals surface area contributed by atoms with Crippen LogP contribution in [0.3, 0.4) is 0 Å². The van der Waals surface area contributed by atoms with Gasteiger partial charge in [0, 0.05) is 12.7 Å². The van der Waals surface area contributed by atoms with Gasteiger partial charge in [-0.05, 0) is 39.3 Å². The van der Waals surface area contributed by atoms with E-state index >= 15 is 0 Å². The molecule has 0 unspecified atom stereocenters. The summed E-state index contributed by atoms with van der Waals surface area (Å²) in [6, 6.07) is 2.60. The fourth-order valence-electron chi connectivity index (χ4n) is 2.05. The zero-order chi connectivity index (χ0) is 17.0. The third-order valence-corrected chi connectivity index (χ3v) is 3.04. The first-order valence-electron chi connectivity index (χ1n) is 7.24. The number of ether oxygens (including phenoxy) is 1. The minimum Gasteiger partial charge on any atom is -0.480 e. The van der Waals surface area contributed by atoms with E-state index in [0.29, 0.717) is 12.2 Å². The second kappa shape index (κ2) is 6.64. The van der Waals surface area contributed by atoms with Gasteiger partial charge in [-0.3, -0.25) is 0 Å². The number of pyridine rings is 1. The molecule has 0 saturated carbocycles. The number of hydrogen-bond acceptors (Lipinski definition) is 5. The van der Waals surface area contributed by atoms with Gasteiger partial charge in [0.2, 0.25) is 0 Å². The average Bonchev–Trinajstić information content (AvgIpc) is 2.84. The number of nitrogens with zero attached hydrogens (tertiary/aromatic N) is 3. The molecule has 0 bridgehead atoms. The normalized spacial score (nSPS) is 12.8. The van der Waals surface area contributed by atoms with Gasteiger partial charge in [0.25, 0.3) is 0 Å². The highest BCUT2D eigenvalue weighted by molar-refractivity contribution is 5.80. The molecule has 0 radical (unpaired) electrons. The van der Waals surface area contributed by atoms with Crippen molar-refractivity contribution in [2.75, 3.05) is 0 Å². The van der Waals surface area contributed by atoms with Crippen LogP contribution in [-0.2, 0) is 16.1 Å². The van der Waals surface area contributed by atoms with Crippen LogP contribution >= 0.6 is 0 Å². The zero-order valence-corrected chi connectivity index (χ0v) is 13.3. The highest BCUT2D eigenvalue weighted by atomic mass is 16.6. The number of alkyl carbamates (subject to hydrolysis) is 1. The van der Waals surface area contributed by atoms with Crippen molar-refractivity contribution in [2.45, 2.75) is 45.4 Å². The Balaban J connectivity index is 2.00. The van der Waals surface area contributed by atoms with Crippen molar-refractivity contribution < 1.29 is 19.4 Å². The Morgan fingerprint density at radius 2 is 2.13 bits per heavy atom. The van der Waals surface area contributed by atoms with Crippen LogP contribution in [0.15, 0.2) is 24.7 Å². The Morgan fingerprint density at radius 3 is 2.78 bits per heavy atom. The summed E-state index contributed by atoms with van der Waals surface area (Å²) in [6.45, 7) is 5.53. The van der Waals surface area contributed by atoms with E-state index in [9.17, 15) is 14.7 Å². The largest absolute Gasteiger partial charge is 0.480 e. The number of rotatable bonds is 5. The topological polar surface area (TPSA) is 106 Å². The van der Waals surface area contributed by atoms with Crippen molar-refractivity contribution in [1.29, 1.82) is 0 Å². The summed E-state index contributed by atoms with van der Waals surface area (Å²) in [5, 5.41) is 11.6. The van der Waals surface area contributed by atoms with E-state index in [-0.39, 0.29) is 6.42 Å². The molecule has 0 aliphatic rings. The van der Waals surface area contributed by atoms with Crippen molar-refractivity contribution in [2.24, 2.45) is 0 Å². The van der Waals surface area contributed by atoms with E-state index in [1.165, 1.54) is 0 Å². The summed E-state index contributed by atoms with van der Waals surface area (Å²) in [6.07, 6.45) is 2.70. The van der Waals surface area contributed by atoms with Crippen LogP contribution in [-0.4, -0.2) is 43.3 Å². The highest BCUT2D eigenvalue weighted by Gasteiger charge is 2.24. The number of aliphatic carboxylic acids is 1. The number of hydrogen-bond donors (Lipinski definition) is 2. The third kappa shape index (κ3) is 4.67. The van der Waals surface area contributed by atoms with Gasteiger partial charge in [-0.25, -0.2) is 19.6 Å². The van der Waals surface area contributed by atoms with Gasteiger partial charge in [0.05, 0.1) is 11.8 Å². The Morgan fingerprint density at radius 1 is 1.39 bits per heavy atom. The maximum Gasteiger partial charge on any atom is 0.408 e. The highest BCUT2D eigenvalue weighted by Crippen LogP contribution is 2.11. The lowest BCUT2D eigenvalue weighted by Crippen LogP contribution is -2.43. The number of fused-ring (bicyclic) bond motifs is 1. The molecule has 0 fully saturated rings. The number of carboxylic acids is 1. The number of amides is 1. The lowest BCUT2D eigenvalue weighted by molar-refractivity contribution is -0.139. The Hall–Kier alpha value is -2.64. The average molecular weight is 320 g/mol. The molecule has 2 rings (SSSR count). The second-order valence-electron chi connectivity index (χ2n) is 6.11. The number of carboxylic acid groups (broad SMARTS) is 1. The van der Waals surface area contributed by atoms with Crippen LogP contribution in [0.4, 0.5) is 4.79 Å². The quantitative estimate of drug-likeness (QED) is 0.870. The van der Waals surface area contributed by atoms with Gasteiger partial charge in [-0.15, -0.1) is 0 Å². The van der Waals surface area contributed by atoms with Crippen molar-refractivity contribution in [3.8, 4) is 0 Å². The molecule has 0 saturated heterocycles. The van der Waals surface area contributed by atoms with Crippen LogP contribution in [0.25, 0.3) is 11.2 Å². The van der Waals surface area contributed by atoms with Gasteiger partial charge < -0.3 is 19.7 Å². The Labute approximate surface area is 133 Å². The first kappa shape index (κ1) is 16.7. The van der Waals surface area contributed by atoms with Crippen LogP contribution in [0.5, 0.6) is 0 Å². The summed E-state index contributed by atoms with van der Waals surface area (Å²) >= 11 is 0. The van der Waals surface area contributed by atoms with E-state index in [1.807, 2.05) is 6.07 Å². The predicted octanol–water partition coefficient (Wildman–Crippen LogP) is 1.80. The first-order chi connectivity index (χ1) is 10.8. The summed E-state index contributed by atoms with van der Waals surface area (Å²) in [5.41, 5.74) is 0.729. The fraction of sp³-hybridized carbons (Fsp3) is 0.467. The molecule has 0 aromatic carbocycles. The van der Waals surface area contributed by atoms with Crippen molar-refractivity contribution in [1.82, 2.24) is 19.9 Å². The minimum absolute atomic E-state index is 0.203. The summed E-state index contributed by atoms with van der Waals surface area (Å²) < 4.78 is 6.88. The molecule has 8 nitrogen and oxygen atoms in total. The molecule has 2 aromatic heterocycles. The molecule has 2 N–H and O–H groups in total. The molecule has 1 amide bonds. The molecule has 2 heterocycles. The predicted molar refractivity (Wildman–Crippen MR) is 82.9 cm³/mol. The molecule has 0 aliphatic carbocycles. The van der Waals surface area contributed by atoms with Gasteiger partial charge in [-0.2, -0.15) is 0 Å². The molecule has 8 heteroatoms. The lowest BCUT2D eigenvalue weighted by Gasteiger charge is -2.22. The summed E-state index contributed by atoms with van der Waals surface area (Å²) in [7, 11) is 0. The van der Waals surface area contributed by atoms with E-state index < -0.39 is 23.7 Å². The van der Waals surface area contributed by atoms with Gasteiger partial charge >= 0.3 is 12.1 Å². The lowest BCUT2D eigenvalue weighted by atomic mass is 10.2. The number of imidazole rings is 1. The second-order valence-corrected chi connectivity index (χ2v) is 6.11. The number of carbonyl (C=O) groups excluding carboxylic acids is 1. The molecule has 1 atom stereocenters. The summed E-state index contributed by atoms with van der Waals surface area (Å²) in [4.78, 5) is 31.3. The van der Waals surface area contributed by atoms with Crippen LogP contribution in [0.2, 0.25) is 0 Å². The Bertz CT molecular complexity index is 705. The standard InChI is InChI=1S/C15H20N4O4/c1-15(2,3)23-14(22)18-10(13(20)21)6-8-19-9-17-12-11(19)5-4-7-16-12/h4-5,7,9-10H,6,8H2,1-3H3,(H,18,22)(H,20,21)/t10-/m0/s1. The van der Waals surface area contributed by atoms with E-state index in [2.05, 4.69) is 15.3 Å². The van der Waals surface area contributed by atoms with Gasteiger partial charge in [0.1, 0.15) is 11.6 Å². The number of aryl methyl sites for hydroxylation is 1. The van der Waals surface area contributed by atoms with E-state index in [0.717, 1.165) is 5.52 Å². The maximum absolute atomic E-state index is 11.7. The van der Waals surface area contributed by atoms with Crippen LogP contribution < -0.4 is 5.32 Å². The molecule has 0 spiro atoms. The molecular weight excluding hydrogens is 300 g/mol. The molecular formula is C15H20N4O4. The number of nitrogens with one attached hydrogen (secondary N) is 1. The van der Waals surface area contributed by atoms with Crippen molar-refractivity contribution in [3.63, 3.8) is 0 Å². The molecule has 2 aromatic rings. The summed E-state index contributed by atoms with van der Waals surface area (Å²) in [5.74, 6) is -1.11. The van der Waals surface area contributed by atoms with Crippen LogP contribution in [0.1, 0.15) is 27.2 Å². The third-order valence-electron chi connectivity index (χ3n) is 3.04. The van der Waals surface area contributed by atoms with E-state index in [1.54, 1.807) is 43.9 Å². The maximum atomic E-state index is 11.7. The first-order valence-corrected chi connectivity index (χ1v) is 7.24. The minimum atomic E-state index is -1.11. The number of aromatic nitrogens is 3. The Kier molecular flexibility index (Phi) is 4.83. The molecule has 124 valence electrons. The number of carbonyl (C=O) groups is 2. The van der Waals surface area contributed by atoms with Gasteiger partial charge in [0.15, 0.2) is 5.65 Å². The van der Waals surface area contributed by atoms with E-state index in [4.69, 9.17) is 4.74 Å². The molecule has 23 heavy (non-hydrogen) atoms.